The lowest BCUT2D eigenvalue weighted by Gasteiger charge is -2.17. The smallest absolute Gasteiger partial charge is 0.217 e. The van der Waals surface area contributed by atoms with E-state index in [1.54, 1.807) is 13.1 Å². The molecule has 1 aliphatic heterocycles. The maximum absolute atomic E-state index is 11.5. The fourth-order valence-corrected chi connectivity index (χ4v) is 2.96. The first-order valence-corrected chi connectivity index (χ1v) is 7.41. The zero-order valence-electron chi connectivity index (χ0n) is 13.0. The molecule has 0 spiro atoms. The van der Waals surface area contributed by atoms with E-state index < -0.39 is 0 Å². The zero-order chi connectivity index (χ0) is 15.7. The molecule has 1 aliphatic rings. The van der Waals surface area contributed by atoms with Gasteiger partial charge in [-0.1, -0.05) is 0 Å². The summed E-state index contributed by atoms with van der Waals surface area (Å²) in [7, 11) is 0. The fraction of sp³-hybridized carbons (Fsp3) is 0.438. The fourth-order valence-electron chi connectivity index (χ4n) is 2.96. The van der Waals surface area contributed by atoms with Crippen molar-refractivity contribution in [3.05, 3.63) is 41.7 Å². The number of nitrogens with zero attached hydrogens (tertiary/aromatic N) is 3. The third kappa shape index (κ3) is 2.95. The molecule has 0 aliphatic carbocycles. The highest BCUT2D eigenvalue weighted by Crippen LogP contribution is 2.31. The molecule has 2 unspecified atom stereocenters. The van der Waals surface area contributed by atoms with E-state index in [2.05, 4.69) is 20.2 Å². The van der Waals surface area contributed by atoms with Gasteiger partial charge < -0.3 is 14.6 Å². The summed E-state index contributed by atoms with van der Waals surface area (Å²) < 4.78 is 5.78. The number of amides is 1. The number of carbonyl (C=O) groups excluding carboxylic acids is 1. The van der Waals surface area contributed by atoms with Crippen molar-refractivity contribution in [3.63, 3.8) is 0 Å². The molecular formula is C16H20N4O2. The number of carbonyl (C=O) groups is 1. The van der Waals surface area contributed by atoms with Crippen LogP contribution in [0.1, 0.15) is 30.2 Å². The molecule has 6 heteroatoms. The Kier molecular flexibility index (Phi) is 3.83. The van der Waals surface area contributed by atoms with Crippen LogP contribution in [0.4, 0.5) is 5.82 Å². The highest BCUT2D eigenvalue weighted by Gasteiger charge is 2.36. The summed E-state index contributed by atoms with van der Waals surface area (Å²) in [6.07, 6.45) is 1.76. The minimum atomic E-state index is -0.0287. The average molecular weight is 300 g/mol. The van der Waals surface area contributed by atoms with Crippen molar-refractivity contribution in [2.24, 2.45) is 0 Å². The van der Waals surface area contributed by atoms with Gasteiger partial charge in [-0.05, 0) is 32.0 Å². The molecule has 2 atom stereocenters. The third-order valence-corrected chi connectivity index (χ3v) is 3.92. The van der Waals surface area contributed by atoms with E-state index in [-0.39, 0.29) is 17.9 Å². The lowest BCUT2D eigenvalue weighted by atomic mass is 10.0. The summed E-state index contributed by atoms with van der Waals surface area (Å²) in [5.41, 5.74) is 0. The monoisotopic (exact) mass is 300 g/mol. The Balaban J connectivity index is 1.86. The molecule has 116 valence electrons. The Morgan fingerprint density at radius 1 is 1.32 bits per heavy atom. The van der Waals surface area contributed by atoms with E-state index in [9.17, 15) is 4.79 Å². The Hall–Kier alpha value is -2.37. The van der Waals surface area contributed by atoms with Gasteiger partial charge >= 0.3 is 0 Å². The summed E-state index contributed by atoms with van der Waals surface area (Å²) in [4.78, 5) is 22.3. The van der Waals surface area contributed by atoms with Crippen LogP contribution in [-0.2, 0) is 4.79 Å². The minimum Gasteiger partial charge on any atom is -0.466 e. The third-order valence-electron chi connectivity index (χ3n) is 3.92. The number of hydrogen-bond donors (Lipinski definition) is 1. The number of rotatable bonds is 3. The maximum Gasteiger partial charge on any atom is 0.217 e. The van der Waals surface area contributed by atoms with Crippen LogP contribution in [0.15, 0.2) is 28.8 Å². The minimum absolute atomic E-state index is 0.0123. The second-order valence-electron chi connectivity index (χ2n) is 5.73. The first-order chi connectivity index (χ1) is 10.5. The van der Waals surface area contributed by atoms with Gasteiger partial charge in [0.15, 0.2) is 0 Å². The number of furan rings is 1. The molecule has 0 radical (unpaired) electrons. The molecule has 1 saturated heterocycles. The molecule has 3 heterocycles. The maximum atomic E-state index is 11.5. The SMILES string of the molecule is CC(=O)NC1CN(c2ccnc(C)n2)CC1c1ccc(C)o1. The zero-order valence-corrected chi connectivity index (χ0v) is 13.0. The van der Waals surface area contributed by atoms with Gasteiger partial charge in [-0.25, -0.2) is 9.97 Å². The molecule has 1 N–H and O–H groups in total. The van der Waals surface area contributed by atoms with Crippen molar-refractivity contribution < 1.29 is 9.21 Å². The van der Waals surface area contributed by atoms with Gasteiger partial charge in [0.05, 0.1) is 12.0 Å². The van der Waals surface area contributed by atoms with Gasteiger partial charge in [0, 0.05) is 26.2 Å². The van der Waals surface area contributed by atoms with Crippen LogP contribution in [0.3, 0.4) is 0 Å². The van der Waals surface area contributed by atoms with Gasteiger partial charge in [0.25, 0.3) is 0 Å². The molecule has 2 aromatic heterocycles. The largest absolute Gasteiger partial charge is 0.466 e. The van der Waals surface area contributed by atoms with Crippen molar-refractivity contribution in [2.45, 2.75) is 32.7 Å². The normalized spacial score (nSPS) is 21.1. The quantitative estimate of drug-likeness (QED) is 0.936. The van der Waals surface area contributed by atoms with Crippen LogP contribution in [0, 0.1) is 13.8 Å². The van der Waals surface area contributed by atoms with E-state index in [1.807, 2.05) is 32.0 Å². The van der Waals surface area contributed by atoms with Gasteiger partial charge in [0.2, 0.25) is 5.91 Å². The summed E-state index contributed by atoms with van der Waals surface area (Å²) in [5, 5.41) is 3.03. The highest BCUT2D eigenvalue weighted by molar-refractivity contribution is 5.73. The van der Waals surface area contributed by atoms with Crippen LogP contribution in [-0.4, -0.2) is 35.0 Å². The molecule has 0 saturated carbocycles. The van der Waals surface area contributed by atoms with Crippen LogP contribution in [0.25, 0.3) is 0 Å². The Bertz CT molecular complexity index is 682. The summed E-state index contributed by atoms with van der Waals surface area (Å²) in [6, 6.07) is 5.85. The number of nitrogens with one attached hydrogen (secondary N) is 1. The number of aromatic nitrogens is 2. The molecule has 3 rings (SSSR count). The first kappa shape index (κ1) is 14.6. The van der Waals surface area contributed by atoms with E-state index >= 15 is 0 Å². The summed E-state index contributed by atoms with van der Waals surface area (Å²) in [5.74, 6) is 3.50. The first-order valence-electron chi connectivity index (χ1n) is 7.41. The molecular weight excluding hydrogens is 280 g/mol. The molecule has 22 heavy (non-hydrogen) atoms. The van der Waals surface area contributed by atoms with Crippen LogP contribution < -0.4 is 10.2 Å². The van der Waals surface area contributed by atoms with Gasteiger partial charge in [0.1, 0.15) is 23.2 Å². The highest BCUT2D eigenvalue weighted by atomic mass is 16.3. The van der Waals surface area contributed by atoms with Gasteiger partial charge in [-0.15, -0.1) is 0 Å². The predicted octanol–water partition coefficient (Wildman–Crippen LogP) is 1.79. The van der Waals surface area contributed by atoms with Crippen LogP contribution in [0.2, 0.25) is 0 Å². The van der Waals surface area contributed by atoms with Gasteiger partial charge in [-0.2, -0.15) is 0 Å². The Morgan fingerprint density at radius 3 is 2.77 bits per heavy atom. The molecule has 6 nitrogen and oxygen atoms in total. The number of aryl methyl sites for hydroxylation is 2. The van der Waals surface area contributed by atoms with Gasteiger partial charge in [-0.3, -0.25) is 4.79 Å². The van der Waals surface area contributed by atoms with E-state index in [4.69, 9.17) is 4.42 Å². The predicted molar refractivity (Wildman–Crippen MR) is 82.8 cm³/mol. The Labute approximate surface area is 129 Å². The van der Waals surface area contributed by atoms with Crippen molar-refractivity contribution >= 4 is 11.7 Å². The summed E-state index contributed by atoms with van der Waals surface area (Å²) >= 11 is 0. The molecule has 1 fully saturated rings. The van der Waals surface area contributed by atoms with Crippen molar-refractivity contribution in [1.82, 2.24) is 15.3 Å². The second-order valence-corrected chi connectivity index (χ2v) is 5.73. The lowest BCUT2D eigenvalue weighted by Crippen LogP contribution is -2.38. The van der Waals surface area contributed by atoms with Crippen molar-refractivity contribution in [1.29, 1.82) is 0 Å². The van der Waals surface area contributed by atoms with Crippen LogP contribution >= 0.6 is 0 Å². The van der Waals surface area contributed by atoms with E-state index in [1.165, 1.54) is 0 Å². The topological polar surface area (TPSA) is 71.3 Å². The number of hydrogen-bond acceptors (Lipinski definition) is 5. The summed E-state index contributed by atoms with van der Waals surface area (Å²) in [6.45, 7) is 6.81. The van der Waals surface area contributed by atoms with E-state index in [0.717, 1.165) is 29.7 Å². The second kappa shape index (κ2) is 5.79. The van der Waals surface area contributed by atoms with E-state index in [0.29, 0.717) is 6.54 Å². The van der Waals surface area contributed by atoms with Crippen molar-refractivity contribution in [2.75, 3.05) is 18.0 Å². The standard InChI is InChI=1S/C16H20N4O2/c1-10-4-5-15(22-10)13-8-20(9-14(13)19-12(3)21)16-6-7-17-11(2)18-16/h4-7,13-14H,8-9H2,1-3H3,(H,19,21). The lowest BCUT2D eigenvalue weighted by molar-refractivity contribution is -0.119. The van der Waals surface area contributed by atoms with Crippen molar-refractivity contribution in [3.8, 4) is 0 Å². The molecule has 1 amide bonds. The Morgan fingerprint density at radius 2 is 2.14 bits per heavy atom. The molecule has 0 aromatic carbocycles. The molecule has 2 aromatic rings. The molecule has 0 bridgehead atoms. The van der Waals surface area contributed by atoms with Crippen LogP contribution in [0.5, 0.6) is 0 Å². The average Bonchev–Trinajstić information content (AvgIpc) is 3.04. The number of anilines is 1.